The van der Waals surface area contributed by atoms with Crippen LogP contribution in [0.5, 0.6) is 0 Å². The molecule has 24 heavy (non-hydrogen) atoms. The molecule has 0 aliphatic heterocycles. The SMILES string of the molecule is C=CCNC(=O)[C@@H](C)OC(=O)Cc1csc(-c2cccc(Br)c2)n1. The Balaban J connectivity index is 1.93. The number of aromatic nitrogens is 1. The summed E-state index contributed by atoms with van der Waals surface area (Å²) >= 11 is 4.88. The average Bonchev–Trinajstić information content (AvgIpc) is 3.00. The van der Waals surface area contributed by atoms with Crippen molar-refractivity contribution in [1.29, 1.82) is 0 Å². The number of esters is 1. The largest absolute Gasteiger partial charge is 0.452 e. The van der Waals surface area contributed by atoms with Crippen molar-refractivity contribution >= 4 is 39.1 Å². The number of hydrogen-bond acceptors (Lipinski definition) is 5. The third kappa shape index (κ3) is 5.28. The third-order valence-electron chi connectivity index (χ3n) is 3.05. The van der Waals surface area contributed by atoms with Crippen molar-refractivity contribution in [3.8, 4) is 10.6 Å². The van der Waals surface area contributed by atoms with Crippen LogP contribution in [-0.4, -0.2) is 29.5 Å². The van der Waals surface area contributed by atoms with Gasteiger partial charge >= 0.3 is 5.97 Å². The number of amides is 1. The van der Waals surface area contributed by atoms with Crippen LogP contribution in [-0.2, 0) is 20.7 Å². The molecule has 7 heteroatoms. The van der Waals surface area contributed by atoms with Gasteiger partial charge in [-0.3, -0.25) is 9.59 Å². The molecule has 1 N–H and O–H groups in total. The highest BCUT2D eigenvalue weighted by atomic mass is 79.9. The summed E-state index contributed by atoms with van der Waals surface area (Å²) < 4.78 is 6.09. The highest BCUT2D eigenvalue weighted by Crippen LogP contribution is 2.26. The van der Waals surface area contributed by atoms with Gasteiger partial charge in [-0.25, -0.2) is 4.98 Å². The molecule has 1 heterocycles. The number of thiazole rings is 1. The lowest BCUT2D eigenvalue weighted by Gasteiger charge is -2.12. The van der Waals surface area contributed by atoms with E-state index in [1.165, 1.54) is 18.3 Å². The molecule has 0 bridgehead atoms. The molecule has 1 amide bonds. The zero-order valence-corrected chi connectivity index (χ0v) is 15.5. The van der Waals surface area contributed by atoms with Crippen molar-refractivity contribution in [2.75, 3.05) is 6.54 Å². The van der Waals surface area contributed by atoms with Gasteiger partial charge in [0.25, 0.3) is 5.91 Å². The van der Waals surface area contributed by atoms with Gasteiger partial charge in [-0.15, -0.1) is 17.9 Å². The van der Waals surface area contributed by atoms with Gasteiger partial charge < -0.3 is 10.1 Å². The Kier molecular flexibility index (Phi) is 6.69. The molecular formula is C17H17BrN2O3S. The Morgan fingerprint density at radius 3 is 3.00 bits per heavy atom. The summed E-state index contributed by atoms with van der Waals surface area (Å²) in [5.74, 6) is -0.835. The van der Waals surface area contributed by atoms with Crippen LogP contribution < -0.4 is 5.32 Å². The Hall–Kier alpha value is -1.99. The lowest BCUT2D eigenvalue weighted by Crippen LogP contribution is -2.36. The molecule has 0 spiro atoms. The van der Waals surface area contributed by atoms with Gasteiger partial charge in [0.1, 0.15) is 5.01 Å². The normalized spacial score (nSPS) is 11.6. The van der Waals surface area contributed by atoms with Gasteiger partial charge in [0.05, 0.1) is 12.1 Å². The Morgan fingerprint density at radius 2 is 2.29 bits per heavy atom. The van der Waals surface area contributed by atoms with Crippen LogP contribution in [0.25, 0.3) is 10.6 Å². The van der Waals surface area contributed by atoms with E-state index in [-0.39, 0.29) is 12.3 Å². The van der Waals surface area contributed by atoms with Crippen LogP contribution in [0.4, 0.5) is 0 Å². The van der Waals surface area contributed by atoms with Gasteiger partial charge in [-0.2, -0.15) is 0 Å². The molecule has 0 saturated carbocycles. The second-order valence-electron chi connectivity index (χ2n) is 5.00. The summed E-state index contributed by atoms with van der Waals surface area (Å²) in [5, 5.41) is 5.23. The summed E-state index contributed by atoms with van der Waals surface area (Å²) in [6, 6.07) is 7.79. The molecule has 1 atom stereocenters. The molecule has 0 aliphatic rings. The van der Waals surface area contributed by atoms with E-state index in [4.69, 9.17) is 4.74 Å². The summed E-state index contributed by atoms with van der Waals surface area (Å²) in [5.41, 5.74) is 1.60. The monoisotopic (exact) mass is 408 g/mol. The zero-order chi connectivity index (χ0) is 17.5. The third-order valence-corrected chi connectivity index (χ3v) is 4.48. The van der Waals surface area contributed by atoms with Crippen LogP contribution in [0.1, 0.15) is 12.6 Å². The second kappa shape index (κ2) is 8.75. The number of halogens is 1. The van der Waals surface area contributed by atoms with Gasteiger partial charge in [-0.1, -0.05) is 34.1 Å². The first-order chi connectivity index (χ1) is 11.5. The highest BCUT2D eigenvalue weighted by molar-refractivity contribution is 9.10. The summed E-state index contributed by atoms with van der Waals surface area (Å²) in [4.78, 5) is 28.0. The molecular weight excluding hydrogens is 392 g/mol. The quantitative estimate of drug-likeness (QED) is 0.563. The first kappa shape index (κ1) is 18.4. The maximum absolute atomic E-state index is 11.9. The first-order valence-electron chi connectivity index (χ1n) is 7.28. The molecule has 1 aromatic carbocycles. The predicted molar refractivity (Wildman–Crippen MR) is 97.7 cm³/mol. The maximum Gasteiger partial charge on any atom is 0.312 e. The van der Waals surface area contributed by atoms with E-state index >= 15 is 0 Å². The van der Waals surface area contributed by atoms with Crippen LogP contribution in [0, 0.1) is 0 Å². The van der Waals surface area contributed by atoms with E-state index in [1.54, 1.807) is 6.08 Å². The van der Waals surface area contributed by atoms with Gasteiger partial charge in [0, 0.05) is 22.0 Å². The highest BCUT2D eigenvalue weighted by Gasteiger charge is 2.18. The number of ether oxygens (including phenoxy) is 1. The number of hydrogen-bond donors (Lipinski definition) is 1. The Bertz CT molecular complexity index is 745. The molecule has 2 rings (SSSR count). The van der Waals surface area contributed by atoms with E-state index < -0.39 is 12.1 Å². The van der Waals surface area contributed by atoms with Crippen LogP contribution in [0.15, 0.2) is 46.8 Å². The molecule has 0 unspecified atom stereocenters. The Morgan fingerprint density at radius 1 is 1.50 bits per heavy atom. The van der Waals surface area contributed by atoms with Crippen LogP contribution in [0.2, 0.25) is 0 Å². The van der Waals surface area contributed by atoms with Gasteiger partial charge in [-0.05, 0) is 19.1 Å². The van der Waals surface area contributed by atoms with Crippen molar-refractivity contribution in [2.24, 2.45) is 0 Å². The summed E-state index contributed by atoms with van der Waals surface area (Å²) in [7, 11) is 0. The van der Waals surface area contributed by atoms with Crippen LogP contribution in [0.3, 0.4) is 0 Å². The number of carbonyl (C=O) groups excluding carboxylic acids is 2. The standard InChI is InChI=1S/C17H17BrN2O3S/c1-3-7-19-16(22)11(2)23-15(21)9-14-10-24-17(20-14)12-5-4-6-13(18)8-12/h3-6,8,10-11H,1,7,9H2,2H3,(H,19,22)/t11-/m1/s1. The fraction of sp³-hybridized carbons (Fsp3) is 0.235. The molecule has 126 valence electrons. The minimum absolute atomic E-state index is 0.0313. The molecule has 0 aliphatic carbocycles. The maximum atomic E-state index is 11.9. The fourth-order valence-electron chi connectivity index (χ4n) is 1.90. The number of rotatable bonds is 7. The van der Waals surface area contributed by atoms with Gasteiger partial charge in [0.15, 0.2) is 6.10 Å². The van der Waals surface area contributed by atoms with E-state index in [9.17, 15) is 9.59 Å². The van der Waals surface area contributed by atoms with E-state index in [2.05, 4.69) is 32.8 Å². The van der Waals surface area contributed by atoms with Crippen LogP contribution >= 0.6 is 27.3 Å². The number of benzene rings is 1. The van der Waals surface area contributed by atoms with E-state index in [1.807, 2.05) is 29.6 Å². The number of carbonyl (C=O) groups is 2. The molecule has 0 saturated heterocycles. The zero-order valence-electron chi connectivity index (χ0n) is 13.1. The topological polar surface area (TPSA) is 68.3 Å². The first-order valence-corrected chi connectivity index (χ1v) is 8.95. The fourth-order valence-corrected chi connectivity index (χ4v) is 3.11. The molecule has 2 aromatic rings. The molecule has 1 aromatic heterocycles. The lowest BCUT2D eigenvalue weighted by atomic mass is 10.2. The molecule has 0 fully saturated rings. The van der Waals surface area contributed by atoms with Gasteiger partial charge in [0.2, 0.25) is 0 Å². The number of nitrogens with zero attached hydrogens (tertiary/aromatic N) is 1. The Labute approximate surface area is 152 Å². The van der Waals surface area contributed by atoms with E-state index in [0.29, 0.717) is 12.2 Å². The minimum Gasteiger partial charge on any atom is -0.452 e. The average molecular weight is 409 g/mol. The number of nitrogens with one attached hydrogen (secondary N) is 1. The minimum atomic E-state index is -0.847. The second-order valence-corrected chi connectivity index (χ2v) is 6.77. The van der Waals surface area contributed by atoms with Crippen molar-refractivity contribution in [3.05, 3.63) is 52.5 Å². The lowest BCUT2D eigenvalue weighted by molar-refractivity contribution is -0.154. The van der Waals surface area contributed by atoms with Crippen molar-refractivity contribution in [3.63, 3.8) is 0 Å². The van der Waals surface area contributed by atoms with Crippen molar-refractivity contribution in [2.45, 2.75) is 19.4 Å². The molecule has 0 radical (unpaired) electrons. The summed E-state index contributed by atoms with van der Waals surface area (Å²) in [6.07, 6.45) is 0.745. The van der Waals surface area contributed by atoms with Crippen molar-refractivity contribution < 1.29 is 14.3 Å². The van der Waals surface area contributed by atoms with E-state index in [0.717, 1.165) is 15.0 Å². The summed E-state index contributed by atoms with van der Waals surface area (Å²) in [6.45, 7) is 5.38. The smallest absolute Gasteiger partial charge is 0.312 e. The predicted octanol–water partition coefficient (Wildman–Crippen LogP) is 3.35. The van der Waals surface area contributed by atoms with Crippen molar-refractivity contribution in [1.82, 2.24) is 10.3 Å². The molecule has 5 nitrogen and oxygen atoms in total.